The van der Waals surface area contributed by atoms with Crippen molar-refractivity contribution in [3.05, 3.63) is 42.1 Å². The molecule has 1 aliphatic rings. The van der Waals surface area contributed by atoms with E-state index in [0.717, 1.165) is 0 Å². The van der Waals surface area contributed by atoms with Crippen LogP contribution in [0.15, 0.2) is 35.0 Å². The van der Waals surface area contributed by atoms with Crippen molar-refractivity contribution in [2.24, 2.45) is 0 Å². The van der Waals surface area contributed by atoms with Crippen molar-refractivity contribution in [1.82, 2.24) is 14.7 Å². The minimum absolute atomic E-state index is 0.120. The molecule has 7 nitrogen and oxygen atoms in total. The number of hydrogen-bond acceptors (Lipinski definition) is 5. The SMILES string of the molecule is O=C(c1ccc(Cn2cccn2)o1)N1CC(O)C(O)C1. The monoisotopic (exact) mass is 277 g/mol. The van der Waals surface area contributed by atoms with Crippen molar-refractivity contribution in [3.8, 4) is 0 Å². The van der Waals surface area contributed by atoms with E-state index in [1.807, 2.05) is 6.07 Å². The molecule has 2 aromatic heterocycles. The second kappa shape index (κ2) is 5.10. The second-order valence-corrected chi connectivity index (χ2v) is 4.81. The van der Waals surface area contributed by atoms with Gasteiger partial charge in [0.15, 0.2) is 5.76 Å². The molecule has 1 fully saturated rings. The minimum atomic E-state index is -0.891. The van der Waals surface area contributed by atoms with E-state index in [-0.39, 0.29) is 24.8 Å². The number of likely N-dealkylation sites (tertiary alicyclic amines) is 1. The van der Waals surface area contributed by atoms with Gasteiger partial charge in [-0.2, -0.15) is 5.10 Å². The summed E-state index contributed by atoms with van der Waals surface area (Å²) in [7, 11) is 0. The van der Waals surface area contributed by atoms with Crippen molar-refractivity contribution in [2.75, 3.05) is 13.1 Å². The van der Waals surface area contributed by atoms with E-state index < -0.39 is 12.2 Å². The fraction of sp³-hybridized carbons (Fsp3) is 0.385. The molecule has 0 radical (unpaired) electrons. The lowest BCUT2D eigenvalue weighted by atomic mass is 10.3. The van der Waals surface area contributed by atoms with Gasteiger partial charge in [-0.3, -0.25) is 9.48 Å². The fourth-order valence-electron chi connectivity index (χ4n) is 2.22. The van der Waals surface area contributed by atoms with Crippen molar-refractivity contribution < 1.29 is 19.4 Å². The molecule has 2 aromatic rings. The molecular weight excluding hydrogens is 262 g/mol. The van der Waals surface area contributed by atoms with Gasteiger partial charge in [0, 0.05) is 25.5 Å². The van der Waals surface area contributed by atoms with Crippen LogP contribution in [0.4, 0.5) is 0 Å². The lowest BCUT2D eigenvalue weighted by molar-refractivity contribution is 0.0572. The third-order valence-electron chi connectivity index (χ3n) is 3.30. The summed E-state index contributed by atoms with van der Waals surface area (Å²) >= 11 is 0. The first-order valence-corrected chi connectivity index (χ1v) is 6.35. The molecule has 1 amide bonds. The molecule has 3 heterocycles. The second-order valence-electron chi connectivity index (χ2n) is 4.81. The third kappa shape index (κ3) is 2.45. The molecule has 0 saturated carbocycles. The largest absolute Gasteiger partial charge is 0.454 e. The van der Waals surface area contributed by atoms with Crippen LogP contribution in [0.1, 0.15) is 16.3 Å². The van der Waals surface area contributed by atoms with Crippen LogP contribution in [0.3, 0.4) is 0 Å². The number of β-amino-alcohol motifs (C(OH)–C–C–N with tert-alkyl or cyclic N) is 2. The summed E-state index contributed by atoms with van der Waals surface area (Å²) in [4.78, 5) is 13.5. The number of rotatable bonds is 3. The number of aromatic nitrogens is 2. The van der Waals surface area contributed by atoms with Gasteiger partial charge in [-0.15, -0.1) is 0 Å². The highest BCUT2D eigenvalue weighted by molar-refractivity contribution is 5.91. The van der Waals surface area contributed by atoms with Gasteiger partial charge >= 0.3 is 0 Å². The molecule has 0 bridgehead atoms. The number of nitrogens with zero attached hydrogens (tertiary/aromatic N) is 3. The number of hydrogen-bond donors (Lipinski definition) is 2. The van der Waals surface area contributed by atoms with Gasteiger partial charge in [0.2, 0.25) is 0 Å². The maximum Gasteiger partial charge on any atom is 0.289 e. The van der Waals surface area contributed by atoms with Gasteiger partial charge < -0.3 is 19.5 Å². The van der Waals surface area contributed by atoms with E-state index in [1.165, 1.54) is 4.90 Å². The zero-order chi connectivity index (χ0) is 14.1. The Labute approximate surface area is 115 Å². The van der Waals surface area contributed by atoms with Gasteiger partial charge in [-0.25, -0.2) is 0 Å². The van der Waals surface area contributed by atoms with Crippen molar-refractivity contribution >= 4 is 5.91 Å². The zero-order valence-electron chi connectivity index (χ0n) is 10.7. The van der Waals surface area contributed by atoms with Crippen LogP contribution in [-0.4, -0.2) is 56.1 Å². The number of aliphatic hydroxyl groups is 2. The highest BCUT2D eigenvalue weighted by Crippen LogP contribution is 2.16. The van der Waals surface area contributed by atoms with Crippen LogP contribution in [0.5, 0.6) is 0 Å². The molecule has 0 aliphatic carbocycles. The Hall–Kier alpha value is -2.12. The van der Waals surface area contributed by atoms with E-state index in [0.29, 0.717) is 12.3 Å². The number of amides is 1. The van der Waals surface area contributed by atoms with Crippen molar-refractivity contribution in [2.45, 2.75) is 18.8 Å². The molecule has 2 atom stereocenters. The topological polar surface area (TPSA) is 91.7 Å². The highest BCUT2D eigenvalue weighted by Gasteiger charge is 2.34. The molecule has 20 heavy (non-hydrogen) atoms. The van der Waals surface area contributed by atoms with E-state index in [9.17, 15) is 15.0 Å². The quantitative estimate of drug-likeness (QED) is 0.804. The van der Waals surface area contributed by atoms with Crippen LogP contribution in [0, 0.1) is 0 Å². The Morgan fingerprint density at radius 1 is 1.35 bits per heavy atom. The number of furan rings is 1. The van der Waals surface area contributed by atoms with Gasteiger partial charge in [-0.1, -0.05) is 0 Å². The lowest BCUT2D eigenvalue weighted by Crippen LogP contribution is -2.29. The fourth-order valence-corrected chi connectivity index (χ4v) is 2.22. The Balaban J connectivity index is 1.69. The standard InChI is InChI=1S/C13H15N3O4/c17-10-7-15(8-11(10)18)13(19)12-3-2-9(20-12)6-16-5-1-4-14-16/h1-5,10-11,17-18H,6-8H2. The maximum absolute atomic E-state index is 12.1. The Morgan fingerprint density at radius 2 is 2.10 bits per heavy atom. The first-order chi connectivity index (χ1) is 9.63. The van der Waals surface area contributed by atoms with E-state index in [2.05, 4.69) is 5.10 Å². The summed E-state index contributed by atoms with van der Waals surface area (Å²) in [5.74, 6) is 0.498. The van der Waals surface area contributed by atoms with Crippen LogP contribution in [0.2, 0.25) is 0 Å². The van der Waals surface area contributed by atoms with Gasteiger partial charge in [0.1, 0.15) is 5.76 Å². The highest BCUT2D eigenvalue weighted by atomic mass is 16.4. The first kappa shape index (κ1) is 12.9. The summed E-state index contributed by atoms with van der Waals surface area (Å²) in [6.45, 7) is 0.690. The number of carbonyl (C=O) groups excluding carboxylic acids is 1. The van der Waals surface area contributed by atoms with Crippen molar-refractivity contribution in [1.29, 1.82) is 0 Å². The molecule has 2 unspecified atom stereocenters. The summed E-state index contributed by atoms with van der Waals surface area (Å²) < 4.78 is 7.18. The molecule has 0 spiro atoms. The Bertz CT molecular complexity index is 583. The minimum Gasteiger partial charge on any atom is -0.454 e. The average Bonchev–Trinajstić information content (AvgIpc) is 3.13. The van der Waals surface area contributed by atoms with Gasteiger partial charge in [-0.05, 0) is 18.2 Å². The van der Waals surface area contributed by atoms with Crippen LogP contribution in [0.25, 0.3) is 0 Å². The summed E-state index contributed by atoms with van der Waals surface area (Å²) in [6.07, 6.45) is 1.69. The summed E-state index contributed by atoms with van der Waals surface area (Å²) in [5, 5.41) is 23.0. The van der Waals surface area contributed by atoms with E-state index in [1.54, 1.807) is 29.2 Å². The molecule has 3 rings (SSSR count). The molecule has 2 N–H and O–H groups in total. The molecule has 0 aromatic carbocycles. The molecule has 1 aliphatic heterocycles. The third-order valence-corrected chi connectivity index (χ3v) is 3.30. The van der Waals surface area contributed by atoms with Gasteiger partial charge in [0.05, 0.1) is 18.8 Å². The maximum atomic E-state index is 12.1. The van der Waals surface area contributed by atoms with Crippen LogP contribution >= 0.6 is 0 Å². The molecule has 1 saturated heterocycles. The van der Waals surface area contributed by atoms with E-state index >= 15 is 0 Å². The molecule has 7 heteroatoms. The summed E-state index contributed by atoms with van der Waals surface area (Å²) in [6, 6.07) is 5.12. The smallest absolute Gasteiger partial charge is 0.289 e. The Kier molecular flexibility index (Phi) is 3.29. The van der Waals surface area contributed by atoms with Gasteiger partial charge in [0.25, 0.3) is 5.91 Å². The molecule has 106 valence electrons. The van der Waals surface area contributed by atoms with Crippen molar-refractivity contribution in [3.63, 3.8) is 0 Å². The van der Waals surface area contributed by atoms with Crippen LogP contribution in [-0.2, 0) is 6.54 Å². The predicted molar refractivity (Wildman–Crippen MR) is 68.0 cm³/mol. The lowest BCUT2D eigenvalue weighted by Gasteiger charge is -2.13. The predicted octanol–water partition coefficient (Wildman–Crippen LogP) is -0.298. The zero-order valence-corrected chi connectivity index (χ0v) is 10.7. The van der Waals surface area contributed by atoms with E-state index in [4.69, 9.17) is 4.42 Å². The summed E-state index contributed by atoms with van der Waals surface area (Å²) in [5.41, 5.74) is 0. The number of aliphatic hydroxyl groups excluding tert-OH is 2. The normalized spacial score (nSPS) is 22.4. The van der Waals surface area contributed by atoms with Crippen LogP contribution < -0.4 is 0 Å². The molecular formula is C13H15N3O4. The Morgan fingerprint density at radius 3 is 2.75 bits per heavy atom. The average molecular weight is 277 g/mol. The first-order valence-electron chi connectivity index (χ1n) is 6.35. The number of carbonyl (C=O) groups is 1.